The molecule has 22 heavy (non-hydrogen) atoms. The highest BCUT2D eigenvalue weighted by Crippen LogP contribution is 2.34. The van der Waals surface area contributed by atoms with Crippen LogP contribution in [0.5, 0.6) is 0 Å². The molecule has 9 heteroatoms. The van der Waals surface area contributed by atoms with Crippen molar-refractivity contribution in [1.82, 2.24) is 15.1 Å². The van der Waals surface area contributed by atoms with Gasteiger partial charge in [0.2, 0.25) is 0 Å². The van der Waals surface area contributed by atoms with E-state index in [-0.39, 0.29) is 5.57 Å². The van der Waals surface area contributed by atoms with Crippen molar-refractivity contribution >= 4 is 56.0 Å². The van der Waals surface area contributed by atoms with Crippen LogP contribution in [0.25, 0.3) is 5.57 Å². The van der Waals surface area contributed by atoms with E-state index >= 15 is 0 Å². The van der Waals surface area contributed by atoms with Crippen molar-refractivity contribution in [2.24, 2.45) is 0 Å². The molecule has 1 aliphatic heterocycles. The maximum Gasteiger partial charge on any atom is 0.333 e. The van der Waals surface area contributed by atoms with Gasteiger partial charge in [-0.3, -0.25) is 10.00 Å². The third-order valence-corrected chi connectivity index (χ3v) is 5.71. The van der Waals surface area contributed by atoms with Gasteiger partial charge in [-0.25, -0.2) is 9.59 Å². The second-order valence-electron chi connectivity index (χ2n) is 4.77. The molecule has 0 fully saturated rings. The number of nitrogens with one attached hydrogen (secondary N) is 1. The van der Waals surface area contributed by atoms with Gasteiger partial charge in [-0.15, -0.1) is 0 Å². The minimum atomic E-state index is -1.28. The summed E-state index contributed by atoms with van der Waals surface area (Å²) in [5.74, 6) is -2.54. The number of aliphatic carboxylic acids is 2. The highest BCUT2D eigenvalue weighted by molar-refractivity contribution is 14.1. The first-order valence-corrected chi connectivity index (χ1v) is 8.18. The SMILES string of the molecule is CN1CCC=C(c2n[nH]c(Br)c2I)C1C(=CC(=O)O)C(=O)O. The quantitative estimate of drug-likeness (QED) is 0.448. The van der Waals surface area contributed by atoms with Crippen LogP contribution in [-0.2, 0) is 9.59 Å². The van der Waals surface area contributed by atoms with Crippen LogP contribution in [-0.4, -0.2) is 56.9 Å². The number of carbonyl (C=O) groups is 2. The summed E-state index contributed by atoms with van der Waals surface area (Å²) < 4.78 is 1.53. The Hall–Kier alpha value is -1.20. The van der Waals surface area contributed by atoms with Crippen molar-refractivity contribution in [2.45, 2.75) is 12.5 Å². The lowest BCUT2D eigenvalue weighted by Gasteiger charge is -2.33. The minimum absolute atomic E-state index is 0.184. The molecule has 0 saturated heterocycles. The minimum Gasteiger partial charge on any atom is -0.478 e. The van der Waals surface area contributed by atoms with Crippen molar-refractivity contribution in [3.05, 3.63) is 31.6 Å². The first-order valence-electron chi connectivity index (χ1n) is 6.30. The van der Waals surface area contributed by atoms with Crippen LogP contribution in [0.1, 0.15) is 12.1 Å². The Morgan fingerprint density at radius 3 is 2.73 bits per heavy atom. The molecule has 0 aliphatic carbocycles. The Bertz CT molecular complexity index is 683. The molecular weight excluding hydrogens is 469 g/mol. The number of carboxylic acids is 2. The van der Waals surface area contributed by atoms with Gasteiger partial charge in [0.05, 0.1) is 15.2 Å². The largest absolute Gasteiger partial charge is 0.478 e. The number of aromatic amines is 1. The van der Waals surface area contributed by atoms with E-state index in [1.165, 1.54) is 0 Å². The summed E-state index contributed by atoms with van der Waals surface area (Å²) in [6.45, 7) is 0.639. The Kier molecular flexibility index (Phi) is 5.40. The number of halogens is 2. The third kappa shape index (κ3) is 3.41. The number of hydrogen-bond donors (Lipinski definition) is 3. The van der Waals surface area contributed by atoms with Crippen molar-refractivity contribution in [1.29, 1.82) is 0 Å². The fraction of sp³-hybridized carbons (Fsp3) is 0.308. The molecule has 0 spiro atoms. The molecular formula is C13H13BrIN3O4. The molecule has 7 nitrogen and oxygen atoms in total. The Balaban J connectivity index is 2.56. The van der Waals surface area contributed by atoms with Crippen LogP contribution in [0, 0.1) is 3.57 Å². The monoisotopic (exact) mass is 481 g/mol. The van der Waals surface area contributed by atoms with E-state index in [4.69, 9.17) is 5.11 Å². The molecule has 3 N–H and O–H groups in total. The normalized spacial score (nSPS) is 19.9. The maximum atomic E-state index is 11.5. The van der Waals surface area contributed by atoms with Crippen LogP contribution in [0.4, 0.5) is 0 Å². The Morgan fingerprint density at radius 1 is 1.55 bits per heavy atom. The molecule has 1 atom stereocenters. The molecule has 118 valence electrons. The third-order valence-electron chi connectivity index (χ3n) is 3.34. The smallest absolute Gasteiger partial charge is 0.333 e. The number of aromatic nitrogens is 2. The number of likely N-dealkylation sites (N-methyl/N-ethyl adjacent to an activating group) is 1. The van der Waals surface area contributed by atoms with Gasteiger partial charge < -0.3 is 10.2 Å². The summed E-state index contributed by atoms with van der Waals surface area (Å²) in [7, 11) is 1.77. The molecule has 1 unspecified atom stereocenters. The van der Waals surface area contributed by atoms with Crippen LogP contribution in [0.2, 0.25) is 0 Å². The lowest BCUT2D eigenvalue weighted by Crippen LogP contribution is -2.40. The van der Waals surface area contributed by atoms with Crippen LogP contribution in [0.15, 0.2) is 22.3 Å². The Morgan fingerprint density at radius 2 is 2.23 bits per heavy atom. The fourth-order valence-electron chi connectivity index (χ4n) is 2.42. The van der Waals surface area contributed by atoms with E-state index < -0.39 is 18.0 Å². The fourth-order valence-corrected chi connectivity index (χ4v) is 3.25. The van der Waals surface area contributed by atoms with Crippen molar-refractivity contribution < 1.29 is 19.8 Å². The highest BCUT2D eigenvalue weighted by Gasteiger charge is 2.33. The zero-order valence-electron chi connectivity index (χ0n) is 11.5. The second-order valence-corrected chi connectivity index (χ2v) is 6.65. The average molecular weight is 482 g/mol. The van der Waals surface area contributed by atoms with E-state index in [1.807, 2.05) is 11.0 Å². The van der Waals surface area contributed by atoms with Gasteiger partial charge in [-0.2, -0.15) is 5.10 Å². The summed E-state index contributed by atoms with van der Waals surface area (Å²) in [6.07, 6.45) is 3.40. The van der Waals surface area contributed by atoms with Gasteiger partial charge in [0.1, 0.15) is 10.3 Å². The van der Waals surface area contributed by atoms with Crippen molar-refractivity contribution in [2.75, 3.05) is 13.6 Å². The topological polar surface area (TPSA) is 107 Å². The first kappa shape index (κ1) is 17.2. The summed E-state index contributed by atoms with van der Waals surface area (Å²) in [4.78, 5) is 24.3. The van der Waals surface area contributed by atoms with E-state index in [9.17, 15) is 14.7 Å². The zero-order valence-corrected chi connectivity index (χ0v) is 15.3. The summed E-state index contributed by atoms with van der Waals surface area (Å²) in [6, 6.07) is -0.661. The average Bonchev–Trinajstić information content (AvgIpc) is 2.76. The van der Waals surface area contributed by atoms with Crippen LogP contribution in [0.3, 0.4) is 0 Å². The predicted octanol–water partition coefficient (Wildman–Crippen LogP) is 1.96. The predicted molar refractivity (Wildman–Crippen MR) is 91.4 cm³/mol. The van der Waals surface area contributed by atoms with E-state index in [0.717, 1.165) is 16.1 Å². The van der Waals surface area contributed by atoms with Gasteiger partial charge in [0.25, 0.3) is 0 Å². The number of H-pyrrole nitrogens is 1. The van der Waals surface area contributed by atoms with Gasteiger partial charge in [-0.1, -0.05) is 6.08 Å². The molecule has 0 radical (unpaired) electrons. The van der Waals surface area contributed by atoms with Gasteiger partial charge in [-0.05, 0) is 57.6 Å². The molecule has 1 aromatic heterocycles. The molecule has 0 bridgehead atoms. The zero-order chi connectivity index (χ0) is 16.4. The molecule has 2 rings (SSSR count). The number of nitrogens with zero attached hydrogens (tertiary/aromatic N) is 2. The van der Waals surface area contributed by atoms with Gasteiger partial charge >= 0.3 is 11.9 Å². The Labute approximate surface area is 148 Å². The second kappa shape index (κ2) is 6.92. The number of hydrogen-bond acceptors (Lipinski definition) is 4. The standard InChI is InChI=1S/C13H13BrIN3O4/c1-18-4-2-3-6(10-9(15)12(14)17-16-10)11(18)7(13(21)22)5-8(19)20/h3,5,11H,2,4H2,1H3,(H,16,17)(H,19,20)(H,21,22). The van der Waals surface area contributed by atoms with Crippen molar-refractivity contribution in [3.8, 4) is 0 Å². The summed E-state index contributed by atoms with van der Waals surface area (Å²) in [5.41, 5.74) is 1.13. The number of carboxylic acid groups (broad SMARTS) is 2. The molecule has 1 aromatic rings. The molecule has 2 heterocycles. The molecule has 1 aliphatic rings. The van der Waals surface area contributed by atoms with Crippen molar-refractivity contribution in [3.63, 3.8) is 0 Å². The van der Waals surface area contributed by atoms with E-state index in [0.29, 0.717) is 22.4 Å². The summed E-state index contributed by atoms with van der Waals surface area (Å²) >= 11 is 5.44. The van der Waals surface area contributed by atoms with E-state index in [1.54, 1.807) is 7.05 Å². The molecule has 0 aromatic carbocycles. The van der Waals surface area contributed by atoms with E-state index in [2.05, 4.69) is 48.7 Å². The molecule has 0 amide bonds. The van der Waals surface area contributed by atoms with Crippen LogP contribution < -0.4 is 0 Å². The lowest BCUT2D eigenvalue weighted by molar-refractivity contribution is -0.135. The van der Waals surface area contributed by atoms with Gasteiger partial charge in [0, 0.05) is 12.6 Å². The number of rotatable bonds is 4. The van der Waals surface area contributed by atoms with Crippen LogP contribution >= 0.6 is 38.5 Å². The molecule has 0 saturated carbocycles. The van der Waals surface area contributed by atoms with Gasteiger partial charge in [0.15, 0.2) is 0 Å². The maximum absolute atomic E-state index is 11.5. The first-order chi connectivity index (χ1) is 10.3. The summed E-state index contributed by atoms with van der Waals surface area (Å²) in [5, 5.41) is 25.4. The highest BCUT2D eigenvalue weighted by atomic mass is 127. The lowest BCUT2D eigenvalue weighted by atomic mass is 9.91.